The Hall–Kier alpha value is -2.13. The van der Waals surface area contributed by atoms with Crippen molar-refractivity contribution in [1.82, 2.24) is 23.6 Å². The lowest BCUT2D eigenvalue weighted by molar-refractivity contribution is 0.0216. The van der Waals surface area contributed by atoms with Crippen LogP contribution in [-0.4, -0.2) is 62.5 Å². The molecule has 124 valence electrons. The van der Waals surface area contributed by atoms with Crippen LogP contribution < -0.4 is 16.0 Å². The van der Waals surface area contributed by atoms with Crippen molar-refractivity contribution in [1.29, 1.82) is 0 Å². The zero-order chi connectivity index (χ0) is 16.1. The van der Waals surface area contributed by atoms with Crippen LogP contribution in [0, 0.1) is 0 Å². The summed E-state index contributed by atoms with van der Waals surface area (Å²) in [5.41, 5.74) is 0.0774. The second-order valence-electron chi connectivity index (χ2n) is 6.04. The number of ether oxygens (including phenoxy) is 2. The fourth-order valence-electron chi connectivity index (χ4n) is 3.24. The Morgan fingerprint density at radius 1 is 1.17 bits per heavy atom. The van der Waals surface area contributed by atoms with Crippen LogP contribution in [0.5, 0.6) is 6.01 Å². The molecule has 0 saturated carbocycles. The summed E-state index contributed by atoms with van der Waals surface area (Å²) in [6.07, 6.45) is -0.0399. The van der Waals surface area contributed by atoms with E-state index in [1.165, 1.54) is 11.6 Å². The second-order valence-corrected chi connectivity index (χ2v) is 6.04. The highest BCUT2D eigenvalue weighted by molar-refractivity contribution is 5.72. The van der Waals surface area contributed by atoms with Crippen molar-refractivity contribution in [2.24, 2.45) is 14.1 Å². The third-order valence-electron chi connectivity index (χ3n) is 4.54. The number of hydrogen-bond donors (Lipinski definition) is 0. The first kappa shape index (κ1) is 14.5. The van der Waals surface area contributed by atoms with Gasteiger partial charge in [-0.1, -0.05) is 0 Å². The van der Waals surface area contributed by atoms with Gasteiger partial charge in [0.2, 0.25) is 0 Å². The predicted octanol–water partition coefficient (Wildman–Crippen LogP) is -1.47. The molecule has 2 aliphatic heterocycles. The molecule has 0 unspecified atom stereocenters. The van der Waals surface area contributed by atoms with Crippen molar-refractivity contribution < 1.29 is 9.47 Å². The molecular weight excluding hydrogens is 302 g/mol. The third-order valence-corrected chi connectivity index (χ3v) is 4.54. The summed E-state index contributed by atoms with van der Waals surface area (Å²) in [4.78, 5) is 31.0. The number of hydrogen-bond acceptors (Lipinski definition) is 6. The Labute approximate surface area is 131 Å². The number of morpholine rings is 1. The summed E-state index contributed by atoms with van der Waals surface area (Å²) in [6.45, 7) is 4.60. The molecule has 0 spiro atoms. The maximum atomic E-state index is 12.4. The van der Waals surface area contributed by atoms with E-state index in [0.717, 1.165) is 37.4 Å². The van der Waals surface area contributed by atoms with Crippen molar-refractivity contribution >= 4 is 11.2 Å². The summed E-state index contributed by atoms with van der Waals surface area (Å²) in [7, 11) is 3.09. The molecule has 4 heterocycles. The Morgan fingerprint density at radius 3 is 2.65 bits per heavy atom. The quantitative estimate of drug-likeness (QED) is 0.671. The molecule has 0 N–H and O–H groups in total. The summed E-state index contributed by atoms with van der Waals surface area (Å²) in [6, 6.07) is 0.413. The van der Waals surface area contributed by atoms with Gasteiger partial charge in [-0.25, -0.2) is 4.79 Å². The molecule has 0 aromatic carbocycles. The Bertz CT molecular complexity index is 874. The minimum absolute atomic E-state index is 0.0399. The third kappa shape index (κ3) is 2.19. The molecule has 4 rings (SSSR count). The van der Waals surface area contributed by atoms with Crippen LogP contribution in [0.15, 0.2) is 9.59 Å². The molecule has 2 aromatic rings. The van der Waals surface area contributed by atoms with E-state index in [-0.39, 0.29) is 17.4 Å². The first-order valence-corrected chi connectivity index (χ1v) is 7.69. The zero-order valence-electron chi connectivity index (χ0n) is 13.2. The van der Waals surface area contributed by atoms with E-state index in [4.69, 9.17) is 9.47 Å². The van der Waals surface area contributed by atoms with Crippen molar-refractivity contribution in [2.45, 2.75) is 12.6 Å². The lowest BCUT2D eigenvalue weighted by Crippen LogP contribution is -2.42. The first-order chi connectivity index (χ1) is 11.1. The van der Waals surface area contributed by atoms with Gasteiger partial charge in [0.1, 0.15) is 6.10 Å². The van der Waals surface area contributed by atoms with E-state index in [9.17, 15) is 9.59 Å². The van der Waals surface area contributed by atoms with Gasteiger partial charge in [-0.2, -0.15) is 4.98 Å². The van der Waals surface area contributed by atoms with Gasteiger partial charge in [0, 0.05) is 33.7 Å². The monoisotopic (exact) mass is 321 g/mol. The second kappa shape index (κ2) is 5.20. The SMILES string of the molecule is Cn1c(=O)c2c(nc3n2C[C@H](CN2CCOCC2)O3)n(C)c1=O. The maximum absolute atomic E-state index is 12.4. The normalized spacial score (nSPS) is 21.6. The van der Waals surface area contributed by atoms with Gasteiger partial charge in [-0.15, -0.1) is 0 Å². The average molecular weight is 321 g/mol. The summed E-state index contributed by atoms with van der Waals surface area (Å²) < 4.78 is 15.5. The van der Waals surface area contributed by atoms with E-state index < -0.39 is 0 Å². The molecule has 0 radical (unpaired) electrons. The molecule has 0 amide bonds. The van der Waals surface area contributed by atoms with Crippen molar-refractivity contribution in [3.05, 3.63) is 20.8 Å². The van der Waals surface area contributed by atoms with Gasteiger partial charge in [-0.05, 0) is 0 Å². The Balaban J connectivity index is 1.67. The Kier molecular flexibility index (Phi) is 3.27. The highest BCUT2D eigenvalue weighted by Crippen LogP contribution is 2.25. The predicted molar refractivity (Wildman–Crippen MR) is 81.9 cm³/mol. The molecule has 9 nitrogen and oxygen atoms in total. The topological polar surface area (TPSA) is 83.5 Å². The highest BCUT2D eigenvalue weighted by Gasteiger charge is 2.31. The Morgan fingerprint density at radius 2 is 1.91 bits per heavy atom. The average Bonchev–Trinajstić information content (AvgIpc) is 3.09. The molecule has 1 saturated heterocycles. The first-order valence-electron chi connectivity index (χ1n) is 7.69. The highest BCUT2D eigenvalue weighted by atomic mass is 16.5. The molecule has 0 aliphatic carbocycles. The number of rotatable bonds is 2. The lowest BCUT2D eigenvalue weighted by atomic mass is 10.3. The van der Waals surface area contributed by atoms with Gasteiger partial charge in [0.05, 0.1) is 19.8 Å². The number of nitrogens with zero attached hydrogens (tertiary/aromatic N) is 5. The molecule has 2 aliphatic rings. The van der Waals surface area contributed by atoms with Crippen LogP contribution >= 0.6 is 0 Å². The minimum atomic E-state index is -0.385. The molecular formula is C14H19N5O4. The van der Waals surface area contributed by atoms with Gasteiger partial charge in [0.25, 0.3) is 11.6 Å². The standard InChI is InChI=1S/C14H19N5O4/c1-16-11-10(12(20)17(2)14(16)21)19-8-9(23-13(19)15-11)7-18-3-5-22-6-4-18/h9H,3-8H2,1-2H3/t9-/m0/s1. The summed E-state index contributed by atoms with van der Waals surface area (Å²) in [5.74, 6) is 0. The van der Waals surface area contributed by atoms with Crippen LogP contribution in [0.2, 0.25) is 0 Å². The fraction of sp³-hybridized carbons (Fsp3) is 0.643. The number of imidazole rings is 1. The van der Waals surface area contributed by atoms with Crippen LogP contribution in [0.4, 0.5) is 0 Å². The fourth-order valence-corrected chi connectivity index (χ4v) is 3.24. The number of fused-ring (bicyclic) bond motifs is 3. The largest absolute Gasteiger partial charge is 0.458 e. The minimum Gasteiger partial charge on any atom is -0.458 e. The van der Waals surface area contributed by atoms with Crippen molar-refractivity contribution in [3.63, 3.8) is 0 Å². The molecule has 1 fully saturated rings. The van der Waals surface area contributed by atoms with E-state index in [1.807, 2.05) is 0 Å². The van der Waals surface area contributed by atoms with E-state index in [2.05, 4.69) is 9.88 Å². The van der Waals surface area contributed by atoms with E-state index >= 15 is 0 Å². The van der Waals surface area contributed by atoms with Crippen LogP contribution in [-0.2, 0) is 25.4 Å². The lowest BCUT2D eigenvalue weighted by Gasteiger charge is -2.28. The maximum Gasteiger partial charge on any atom is 0.332 e. The van der Waals surface area contributed by atoms with Crippen LogP contribution in [0.1, 0.15) is 0 Å². The molecule has 9 heteroatoms. The van der Waals surface area contributed by atoms with Crippen LogP contribution in [0.3, 0.4) is 0 Å². The van der Waals surface area contributed by atoms with E-state index in [1.54, 1.807) is 11.6 Å². The van der Waals surface area contributed by atoms with Gasteiger partial charge in [-0.3, -0.25) is 23.4 Å². The van der Waals surface area contributed by atoms with Gasteiger partial charge < -0.3 is 9.47 Å². The van der Waals surface area contributed by atoms with Crippen molar-refractivity contribution in [2.75, 3.05) is 32.8 Å². The molecule has 2 aromatic heterocycles. The summed E-state index contributed by atoms with van der Waals surface area (Å²) in [5, 5.41) is 0. The van der Waals surface area contributed by atoms with Crippen molar-refractivity contribution in [3.8, 4) is 6.01 Å². The molecule has 23 heavy (non-hydrogen) atoms. The smallest absolute Gasteiger partial charge is 0.332 e. The van der Waals surface area contributed by atoms with Gasteiger partial charge in [0.15, 0.2) is 11.2 Å². The van der Waals surface area contributed by atoms with Gasteiger partial charge >= 0.3 is 5.69 Å². The number of aryl methyl sites for hydroxylation is 1. The molecule has 1 atom stereocenters. The number of aromatic nitrogens is 4. The molecule has 0 bridgehead atoms. The van der Waals surface area contributed by atoms with Crippen LogP contribution in [0.25, 0.3) is 11.2 Å². The zero-order valence-corrected chi connectivity index (χ0v) is 13.2. The van der Waals surface area contributed by atoms with E-state index in [0.29, 0.717) is 23.7 Å². The summed E-state index contributed by atoms with van der Waals surface area (Å²) >= 11 is 0.